The van der Waals surface area contributed by atoms with Crippen molar-refractivity contribution in [2.24, 2.45) is 17.6 Å². The molecule has 0 saturated carbocycles. The third kappa shape index (κ3) is 3.00. The number of hydrogen-bond donors (Lipinski definition) is 1. The minimum absolute atomic E-state index is 0.0187. The number of carbonyl (C=O) groups excluding carboxylic acids is 1. The van der Waals surface area contributed by atoms with Crippen molar-refractivity contribution in [1.29, 1.82) is 0 Å². The van der Waals surface area contributed by atoms with Crippen molar-refractivity contribution in [3.63, 3.8) is 0 Å². The highest BCUT2D eigenvalue weighted by molar-refractivity contribution is 5.80. The van der Waals surface area contributed by atoms with Gasteiger partial charge in [-0.3, -0.25) is 4.79 Å². The Kier molecular flexibility index (Phi) is 4.42. The molecule has 2 fully saturated rings. The monoisotopic (exact) mass is 284 g/mol. The minimum atomic E-state index is -0.338. The summed E-state index contributed by atoms with van der Waals surface area (Å²) in [5.74, 6) is 0.376. The molecule has 0 radical (unpaired) electrons. The van der Waals surface area contributed by atoms with Crippen LogP contribution in [-0.2, 0) is 14.3 Å². The molecule has 5 heteroatoms. The van der Waals surface area contributed by atoms with Crippen molar-refractivity contribution in [3.05, 3.63) is 0 Å². The van der Waals surface area contributed by atoms with Gasteiger partial charge in [0.2, 0.25) is 5.91 Å². The van der Waals surface area contributed by atoms with Crippen LogP contribution >= 0.6 is 0 Å². The van der Waals surface area contributed by atoms with Crippen LogP contribution in [0.4, 0.5) is 0 Å². The zero-order valence-electron chi connectivity index (χ0n) is 13.3. The lowest BCUT2D eigenvalue weighted by molar-refractivity contribution is -0.164. The number of nitrogens with two attached hydrogens (primary N) is 1. The zero-order chi connectivity index (χ0) is 15.1. The fourth-order valence-corrected chi connectivity index (χ4v) is 3.49. The third-order valence-electron chi connectivity index (χ3n) is 4.58. The quantitative estimate of drug-likeness (QED) is 0.822. The average Bonchev–Trinajstić information content (AvgIpc) is 2.60. The molecule has 5 nitrogen and oxygen atoms in total. The number of hydrogen-bond acceptors (Lipinski definition) is 4. The topological polar surface area (TPSA) is 64.8 Å². The SMILES string of the molecule is CC1OC(C)C(C(=O)N2CC(CN)OC(C)(C)C2)C1C. The van der Waals surface area contributed by atoms with E-state index in [1.165, 1.54) is 0 Å². The fraction of sp³-hybridized carbons (Fsp3) is 0.933. The second-order valence-corrected chi connectivity index (χ2v) is 6.89. The van der Waals surface area contributed by atoms with Gasteiger partial charge >= 0.3 is 0 Å². The second-order valence-electron chi connectivity index (χ2n) is 6.89. The number of rotatable bonds is 2. The Labute approximate surface area is 121 Å². The summed E-state index contributed by atoms with van der Waals surface area (Å²) in [6.45, 7) is 11.8. The molecule has 116 valence electrons. The number of morpholine rings is 1. The van der Waals surface area contributed by atoms with Gasteiger partial charge < -0.3 is 20.1 Å². The van der Waals surface area contributed by atoms with Crippen LogP contribution in [0.15, 0.2) is 0 Å². The molecule has 2 heterocycles. The van der Waals surface area contributed by atoms with Crippen molar-refractivity contribution in [3.8, 4) is 0 Å². The molecule has 0 spiro atoms. The van der Waals surface area contributed by atoms with Crippen molar-refractivity contribution in [1.82, 2.24) is 4.90 Å². The Morgan fingerprint density at radius 1 is 1.30 bits per heavy atom. The predicted molar refractivity (Wildman–Crippen MR) is 77.2 cm³/mol. The van der Waals surface area contributed by atoms with Crippen molar-refractivity contribution < 1.29 is 14.3 Å². The highest BCUT2D eigenvalue weighted by Crippen LogP contribution is 2.34. The van der Waals surface area contributed by atoms with Crippen molar-refractivity contribution in [2.75, 3.05) is 19.6 Å². The van der Waals surface area contributed by atoms with Gasteiger partial charge in [0.05, 0.1) is 29.8 Å². The van der Waals surface area contributed by atoms with E-state index in [1.54, 1.807) is 0 Å². The van der Waals surface area contributed by atoms with Gasteiger partial charge in [0.25, 0.3) is 0 Å². The molecule has 2 saturated heterocycles. The first-order valence-corrected chi connectivity index (χ1v) is 7.57. The summed E-state index contributed by atoms with van der Waals surface area (Å²) in [5, 5.41) is 0. The van der Waals surface area contributed by atoms with Crippen LogP contribution in [0.25, 0.3) is 0 Å². The molecule has 2 N–H and O–H groups in total. The lowest BCUT2D eigenvalue weighted by atomic mass is 9.87. The summed E-state index contributed by atoms with van der Waals surface area (Å²) in [6, 6.07) is 0. The molecule has 5 atom stereocenters. The van der Waals surface area contributed by atoms with E-state index in [1.807, 2.05) is 32.6 Å². The number of ether oxygens (including phenoxy) is 2. The summed E-state index contributed by atoms with van der Waals surface area (Å²) < 4.78 is 11.7. The van der Waals surface area contributed by atoms with Gasteiger partial charge in [0.15, 0.2) is 0 Å². The Bertz CT molecular complexity index is 372. The Morgan fingerprint density at radius 2 is 1.95 bits per heavy atom. The summed E-state index contributed by atoms with van der Waals surface area (Å²) in [4.78, 5) is 14.8. The highest BCUT2D eigenvalue weighted by atomic mass is 16.5. The van der Waals surface area contributed by atoms with E-state index in [0.717, 1.165) is 0 Å². The second kappa shape index (κ2) is 5.62. The van der Waals surface area contributed by atoms with Crippen LogP contribution in [0, 0.1) is 11.8 Å². The first kappa shape index (κ1) is 15.7. The van der Waals surface area contributed by atoms with E-state index in [4.69, 9.17) is 15.2 Å². The Balaban J connectivity index is 2.12. The molecule has 1 amide bonds. The van der Waals surface area contributed by atoms with Gasteiger partial charge in [-0.1, -0.05) is 6.92 Å². The molecule has 20 heavy (non-hydrogen) atoms. The summed E-state index contributed by atoms with van der Waals surface area (Å²) in [6.07, 6.45) is 0.0427. The maximum atomic E-state index is 12.9. The lowest BCUT2D eigenvalue weighted by Crippen LogP contribution is -2.58. The van der Waals surface area contributed by atoms with Crippen LogP contribution in [0.1, 0.15) is 34.6 Å². The van der Waals surface area contributed by atoms with E-state index in [0.29, 0.717) is 19.6 Å². The normalized spacial score (nSPS) is 40.9. The number of nitrogens with zero attached hydrogens (tertiary/aromatic N) is 1. The first-order valence-electron chi connectivity index (χ1n) is 7.57. The number of amides is 1. The maximum Gasteiger partial charge on any atom is 0.228 e. The summed E-state index contributed by atoms with van der Waals surface area (Å²) >= 11 is 0. The van der Waals surface area contributed by atoms with Gasteiger partial charge in [-0.2, -0.15) is 0 Å². The Hall–Kier alpha value is -0.650. The molecule has 0 bridgehead atoms. The van der Waals surface area contributed by atoms with E-state index in [-0.39, 0.29) is 41.7 Å². The molecule has 0 aliphatic carbocycles. The van der Waals surface area contributed by atoms with Gasteiger partial charge in [-0.05, 0) is 33.6 Å². The van der Waals surface area contributed by atoms with E-state index >= 15 is 0 Å². The van der Waals surface area contributed by atoms with Crippen molar-refractivity contribution in [2.45, 2.75) is 58.5 Å². The smallest absolute Gasteiger partial charge is 0.228 e. The average molecular weight is 284 g/mol. The largest absolute Gasteiger partial charge is 0.374 e. The first-order chi connectivity index (χ1) is 9.25. The summed E-state index contributed by atoms with van der Waals surface area (Å²) in [7, 11) is 0. The molecule has 2 rings (SSSR count). The molecule has 0 aromatic heterocycles. The summed E-state index contributed by atoms with van der Waals surface area (Å²) in [5.41, 5.74) is 5.39. The molecule has 2 aliphatic rings. The van der Waals surface area contributed by atoms with Gasteiger partial charge in [-0.15, -0.1) is 0 Å². The standard InChI is InChI=1S/C15H28N2O3/c1-9-10(2)19-11(3)13(9)14(18)17-7-12(6-16)20-15(4,5)8-17/h9-13H,6-8,16H2,1-5H3. The van der Waals surface area contributed by atoms with Crippen LogP contribution < -0.4 is 5.73 Å². The van der Waals surface area contributed by atoms with Crippen LogP contribution in [0.5, 0.6) is 0 Å². The zero-order valence-corrected chi connectivity index (χ0v) is 13.3. The fourth-order valence-electron chi connectivity index (χ4n) is 3.49. The highest BCUT2D eigenvalue weighted by Gasteiger charge is 2.45. The van der Waals surface area contributed by atoms with Gasteiger partial charge in [-0.25, -0.2) is 0 Å². The molecule has 0 aromatic rings. The number of carbonyl (C=O) groups is 1. The molecule has 2 aliphatic heterocycles. The molecular weight excluding hydrogens is 256 g/mol. The van der Waals surface area contributed by atoms with Crippen LogP contribution in [0.2, 0.25) is 0 Å². The van der Waals surface area contributed by atoms with E-state index < -0.39 is 0 Å². The maximum absolute atomic E-state index is 12.9. The molecule has 0 aromatic carbocycles. The van der Waals surface area contributed by atoms with E-state index in [9.17, 15) is 4.79 Å². The van der Waals surface area contributed by atoms with Gasteiger partial charge in [0.1, 0.15) is 0 Å². The third-order valence-corrected chi connectivity index (χ3v) is 4.58. The molecule has 5 unspecified atom stereocenters. The van der Waals surface area contributed by atoms with Crippen LogP contribution in [0.3, 0.4) is 0 Å². The van der Waals surface area contributed by atoms with Crippen molar-refractivity contribution >= 4 is 5.91 Å². The minimum Gasteiger partial charge on any atom is -0.374 e. The lowest BCUT2D eigenvalue weighted by Gasteiger charge is -2.43. The van der Waals surface area contributed by atoms with Gasteiger partial charge in [0, 0.05) is 19.6 Å². The Morgan fingerprint density at radius 3 is 2.45 bits per heavy atom. The predicted octanol–water partition coefficient (Wildman–Crippen LogP) is 1.01. The van der Waals surface area contributed by atoms with E-state index in [2.05, 4.69) is 6.92 Å². The van der Waals surface area contributed by atoms with Crippen LogP contribution in [-0.4, -0.2) is 54.4 Å². The molecular formula is C15H28N2O3.